The highest BCUT2D eigenvalue weighted by atomic mass is 35.5. The molecular formula is C23H31BClN3O5S. The van der Waals surface area contributed by atoms with E-state index in [0.29, 0.717) is 21.7 Å². The van der Waals surface area contributed by atoms with Crippen molar-refractivity contribution in [3.63, 3.8) is 0 Å². The number of nitrogens with zero attached hydrogens (tertiary/aromatic N) is 1. The van der Waals surface area contributed by atoms with Crippen LogP contribution in [-0.4, -0.2) is 58.3 Å². The van der Waals surface area contributed by atoms with Gasteiger partial charge < -0.3 is 14.6 Å². The second kappa shape index (κ2) is 9.97. The van der Waals surface area contributed by atoms with E-state index in [1.54, 1.807) is 55.4 Å². The van der Waals surface area contributed by atoms with Crippen molar-refractivity contribution in [1.29, 1.82) is 0 Å². The summed E-state index contributed by atoms with van der Waals surface area (Å²) in [6, 6.07) is 11.7. The first-order valence-corrected chi connectivity index (χ1v) is 12.8. The lowest BCUT2D eigenvalue weighted by Crippen LogP contribution is -2.41. The molecule has 3 rings (SSSR count). The SMILES string of the molecule is CN(C)CNS(=O)(=O)c1cc(NC(=O)Cc2ccccc2Cl)ccc1B1OC(C)(C)C(C)(C)O1. The lowest BCUT2D eigenvalue weighted by atomic mass is 9.79. The predicted molar refractivity (Wildman–Crippen MR) is 135 cm³/mol. The number of hydrogen-bond acceptors (Lipinski definition) is 6. The molecule has 0 aromatic heterocycles. The summed E-state index contributed by atoms with van der Waals surface area (Å²) >= 11 is 6.16. The number of hydrogen-bond donors (Lipinski definition) is 2. The van der Waals surface area contributed by atoms with Crippen LogP contribution in [-0.2, 0) is 30.5 Å². The molecule has 1 amide bonds. The highest BCUT2D eigenvalue weighted by Gasteiger charge is 2.52. The lowest BCUT2D eigenvalue weighted by Gasteiger charge is -2.32. The molecule has 0 spiro atoms. The monoisotopic (exact) mass is 507 g/mol. The van der Waals surface area contributed by atoms with Crippen LogP contribution >= 0.6 is 11.6 Å². The molecule has 1 aliphatic heterocycles. The third-order valence-electron chi connectivity index (χ3n) is 5.97. The van der Waals surface area contributed by atoms with Crippen molar-refractivity contribution >= 4 is 45.8 Å². The maximum absolute atomic E-state index is 13.2. The zero-order valence-corrected chi connectivity index (χ0v) is 21.9. The molecule has 0 unspecified atom stereocenters. The van der Waals surface area contributed by atoms with Gasteiger partial charge in [0.25, 0.3) is 0 Å². The molecule has 1 fully saturated rings. The fourth-order valence-corrected chi connectivity index (χ4v) is 4.86. The van der Waals surface area contributed by atoms with Crippen LogP contribution in [0.15, 0.2) is 47.4 Å². The molecule has 184 valence electrons. The molecule has 1 saturated heterocycles. The largest absolute Gasteiger partial charge is 0.496 e. The summed E-state index contributed by atoms with van der Waals surface area (Å²) < 4.78 is 41.2. The van der Waals surface area contributed by atoms with Gasteiger partial charge in [0.15, 0.2) is 0 Å². The minimum atomic E-state index is -3.95. The van der Waals surface area contributed by atoms with Crippen LogP contribution in [0.3, 0.4) is 0 Å². The first kappa shape index (κ1) is 26.7. The smallest absolute Gasteiger partial charge is 0.399 e. The first-order chi connectivity index (χ1) is 15.7. The Labute approximate surface area is 207 Å². The van der Waals surface area contributed by atoms with Gasteiger partial charge in [-0.3, -0.25) is 9.69 Å². The molecule has 1 aliphatic rings. The Bertz CT molecular complexity index is 1150. The second-order valence-electron chi connectivity index (χ2n) is 9.54. The van der Waals surface area contributed by atoms with E-state index in [1.807, 2.05) is 27.7 Å². The Hall–Kier alpha value is -1.95. The third kappa shape index (κ3) is 6.00. The van der Waals surface area contributed by atoms with Gasteiger partial charge in [-0.1, -0.05) is 35.9 Å². The fourth-order valence-electron chi connectivity index (χ4n) is 3.32. The minimum Gasteiger partial charge on any atom is -0.399 e. The summed E-state index contributed by atoms with van der Waals surface area (Å²) in [7, 11) is -1.33. The molecule has 11 heteroatoms. The number of benzene rings is 2. The van der Waals surface area contributed by atoms with Crippen LogP contribution in [0.4, 0.5) is 5.69 Å². The van der Waals surface area contributed by atoms with Crippen molar-refractivity contribution in [2.45, 2.75) is 50.2 Å². The van der Waals surface area contributed by atoms with Crippen molar-refractivity contribution < 1.29 is 22.5 Å². The van der Waals surface area contributed by atoms with E-state index in [9.17, 15) is 13.2 Å². The van der Waals surface area contributed by atoms with E-state index in [2.05, 4.69) is 10.0 Å². The van der Waals surface area contributed by atoms with Gasteiger partial charge in [-0.05, 0) is 65.6 Å². The van der Waals surface area contributed by atoms with E-state index in [4.69, 9.17) is 20.9 Å². The summed E-state index contributed by atoms with van der Waals surface area (Å²) in [5.41, 5.74) is 0.0856. The van der Waals surface area contributed by atoms with Gasteiger partial charge in [-0.2, -0.15) is 4.72 Å². The maximum Gasteiger partial charge on any atom is 0.496 e. The van der Waals surface area contributed by atoms with Crippen LogP contribution < -0.4 is 15.5 Å². The number of halogens is 1. The molecule has 0 saturated carbocycles. The quantitative estimate of drug-likeness (QED) is 0.421. The highest BCUT2D eigenvalue weighted by molar-refractivity contribution is 7.89. The van der Waals surface area contributed by atoms with Gasteiger partial charge in [0.2, 0.25) is 15.9 Å². The van der Waals surface area contributed by atoms with E-state index in [0.717, 1.165) is 0 Å². The number of nitrogens with one attached hydrogen (secondary N) is 2. The summed E-state index contributed by atoms with van der Waals surface area (Å²) in [6.45, 7) is 7.70. The summed E-state index contributed by atoms with van der Waals surface area (Å²) in [6.07, 6.45) is 0.0552. The molecule has 8 nitrogen and oxygen atoms in total. The molecule has 1 heterocycles. The Morgan fingerprint density at radius 1 is 1.06 bits per heavy atom. The Balaban J connectivity index is 1.93. The van der Waals surface area contributed by atoms with Crippen molar-refractivity contribution in [2.24, 2.45) is 0 Å². The third-order valence-corrected chi connectivity index (χ3v) is 7.78. The zero-order valence-electron chi connectivity index (χ0n) is 20.3. The van der Waals surface area contributed by atoms with Crippen LogP contribution in [0.25, 0.3) is 0 Å². The first-order valence-electron chi connectivity index (χ1n) is 10.9. The Morgan fingerprint density at radius 3 is 2.26 bits per heavy atom. The molecule has 2 aromatic rings. The van der Waals surface area contributed by atoms with Crippen LogP contribution in [0.1, 0.15) is 33.3 Å². The van der Waals surface area contributed by atoms with Gasteiger partial charge >= 0.3 is 7.12 Å². The summed E-state index contributed by atoms with van der Waals surface area (Å²) in [4.78, 5) is 14.3. The molecular weight excluding hydrogens is 477 g/mol. The van der Waals surface area contributed by atoms with Gasteiger partial charge in [-0.15, -0.1) is 0 Å². The molecule has 2 N–H and O–H groups in total. The van der Waals surface area contributed by atoms with Crippen LogP contribution in [0.2, 0.25) is 5.02 Å². The fraction of sp³-hybridized carbons (Fsp3) is 0.435. The van der Waals surface area contributed by atoms with E-state index >= 15 is 0 Å². The average Bonchev–Trinajstić information content (AvgIpc) is 2.95. The van der Waals surface area contributed by atoms with Crippen molar-refractivity contribution in [2.75, 3.05) is 26.1 Å². The number of rotatable bonds is 8. The van der Waals surface area contributed by atoms with Crippen LogP contribution in [0.5, 0.6) is 0 Å². The summed E-state index contributed by atoms with van der Waals surface area (Å²) in [5.74, 6) is -0.318. The molecule has 2 aromatic carbocycles. The lowest BCUT2D eigenvalue weighted by molar-refractivity contribution is -0.115. The molecule has 34 heavy (non-hydrogen) atoms. The standard InChI is InChI=1S/C23H31BClN3O5S/c1-22(2)23(3,4)33-24(32-22)18-12-11-17(14-20(18)34(30,31)26-15-28(5)6)27-21(29)13-16-9-7-8-10-19(16)25/h7-12,14,26H,13,15H2,1-6H3,(H,27,29). The van der Waals surface area contributed by atoms with Gasteiger partial charge in [0, 0.05) is 16.2 Å². The number of carbonyl (C=O) groups excluding carboxylic acids is 1. The number of carbonyl (C=O) groups is 1. The zero-order chi connectivity index (χ0) is 25.3. The Kier molecular flexibility index (Phi) is 7.81. The van der Waals surface area contributed by atoms with Crippen molar-refractivity contribution in [1.82, 2.24) is 9.62 Å². The normalized spacial score (nSPS) is 17.2. The molecule has 0 bridgehead atoms. The van der Waals surface area contributed by atoms with Gasteiger partial charge in [0.05, 0.1) is 29.2 Å². The number of anilines is 1. The number of sulfonamides is 1. The highest BCUT2D eigenvalue weighted by Crippen LogP contribution is 2.37. The Morgan fingerprint density at radius 2 is 1.68 bits per heavy atom. The van der Waals surface area contributed by atoms with Crippen LogP contribution in [0, 0.1) is 0 Å². The van der Waals surface area contributed by atoms with Gasteiger partial charge in [-0.25, -0.2) is 8.42 Å². The van der Waals surface area contributed by atoms with E-state index < -0.39 is 28.3 Å². The predicted octanol–water partition coefficient (Wildman–Crippen LogP) is 2.62. The maximum atomic E-state index is 13.2. The van der Waals surface area contributed by atoms with E-state index in [1.165, 1.54) is 6.07 Å². The van der Waals surface area contributed by atoms with E-state index in [-0.39, 0.29) is 23.9 Å². The van der Waals surface area contributed by atoms with Crippen molar-refractivity contribution in [3.05, 3.63) is 53.1 Å². The summed E-state index contributed by atoms with van der Waals surface area (Å²) in [5, 5.41) is 3.25. The van der Waals surface area contributed by atoms with Gasteiger partial charge in [0.1, 0.15) is 0 Å². The molecule has 0 radical (unpaired) electrons. The molecule has 0 atom stereocenters. The second-order valence-corrected chi connectivity index (χ2v) is 11.7. The minimum absolute atomic E-state index is 0.0246. The molecule has 0 aliphatic carbocycles. The number of amides is 1. The topological polar surface area (TPSA) is 97.0 Å². The average molecular weight is 508 g/mol. The van der Waals surface area contributed by atoms with Crippen molar-refractivity contribution in [3.8, 4) is 0 Å².